The van der Waals surface area contributed by atoms with Gasteiger partial charge in [0, 0.05) is 38.8 Å². The van der Waals surface area contributed by atoms with E-state index >= 15 is 0 Å². The van der Waals surface area contributed by atoms with Gasteiger partial charge in [-0.05, 0) is 44.7 Å². The van der Waals surface area contributed by atoms with Crippen LogP contribution in [-0.4, -0.2) is 61.7 Å². The number of rotatable bonds is 8. The summed E-state index contributed by atoms with van der Waals surface area (Å²) in [5.41, 5.74) is 0. The highest BCUT2D eigenvalue weighted by Crippen LogP contribution is 2.27. The Balaban J connectivity index is 1.78. The summed E-state index contributed by atoms with van der Waals surface area (Å²) in [7, 11) is 0. The zero-order valence-electron chi connectivity index (χ0n) is 14.4. The van der Waals surface area contributed by atoms with Crippen LogP contribution in [0.1, 0.15) is 58.8 Å². The van der Waals surface area contributed by atoms with E-state index in [0.717, 1.165) is 12.0 Å². The van der Waals surface area contributed by atoms with E-state index in [4.69, 9.17) is 0 Å². The van der Waals surface area contributed by atoms with Gasteiger partial charge in [0.25, 0.3) is 0 Å². The van der Waals surface area contributed by atoms with Crippen molar-refractivity contribution in [2.24, 2.45) is 5.92 Å². The zero-order chi connectivity index (χ0) is 14.9. The summed E-state index contributed by atoms with van der Waals surface area (Å²) < 4.78 is 0. The van der Waals surface area contributed by atoms with Crippen molar-refractivity contribution in [3.8, 4) is 0 Å². The molecule has 124 valence electrons. The minimum absolute atomic E-state index is 0.739. The van der Waals surface area contributed by atoms with E-state index in [2.05, 4.69) is 29.0 Å². The van der Waals surface area contributed by atoms with Gasteiger partial charge in [-0.15, -0.1) is 0 Å². The summed E-state index contributed by atoms with van der Waals surface area (Å²) in [5.74, 6) is 0.930. The van der Waals surface area contributed by atoms with Gasteiger partial charge in [0.15, 0.2) is 0 Å². The minimum atomic E-state index is 0.739. The molecule has 1 saturated heterocycles. The lowest BCUT2D eigenvalue weighted by molar-refractivity contribution is 0.108. The van der Waals surface area contributed by atoms with E-state index in [-0.39, 0.29) is 0 Å². The minimum Gasteiger partial charge on any atom is -0.312 e. The van der Waals surface area contributed by atoms with Crippen molar-refractivity contribution < 1.29 is 0 Å². The van der Waals surface area contributed by atoms with Gasteiger partial charge < -0.3 is 10.2 Å². The van der Waals surface area contributed by atoms with Crippen molar-refractivity contribution in [2.75, 3.05) is 45.8 Å². The van der Waals surface area contributed by atoms with Crippen LogP contribution in [0.4, 0.5) is 0 Å². The van der Waals surface area contributed by atoms with Crippen molar-refractivity contribution in [3.05, 3.63) is 0 Å². The molecule has 0 radical (unpaired) electrons. The number of nitrogens with one attached hydrogen (secondary N) is 1. The molecule has 1 aliphatic heterocycles. The van der Waals surface area contributed by atoms with E-state index in [0.29, 0.717) is 0 Å². The van der Waals surface area contributed by atoms with Gasteiger partial charge in [-0.3, -0.25) is 4.90 Å². The molecule has 0 aromatic carbocycles. The van der Waals surface area contributed by atoms with E-state index in [1.807, 2.05) is 0 Å². The lowest BCUT2D eigenvalue weighted by Crippen LogP contribution is -2.52. The molecule has 3 heteroatoms. The molecule has 1 heterocycles. The molecule has 0 aromatic heterocycles. The van der Waals surface area contributed by atoms with Crippen LogP contribution in [0.3, 0.4) is 0 Å². The largest absolute Gasteiger partial charge is 0.312 e. The standard InChI is InChI=1S/C18H37N3/c1-3-10-19-18(17-8-6-5-7-9-17)16-21-14-12-20(11-4-2)13-15-21/h17-19H,3-16H2,1-2H3. The highest BCUT2D eigenvalue weighted by atomic mass is 15.3. The Bertz CT molecular complexity index is 255. The molecule has 1 N–H and O–H groups in total. The average Bonchev–Trinajstić information content (AvgIpc) is 2.54. The van der Waals surface area contributed by atoms with Crippen molar-refractivity contribution >= 4 is 0 Å². The van der Waals surface area contributed by atoms with E-state index in [1.54, 1.807) is 0 Å². The van der Waals surface area contributed by atoms with Crippen LogP contribution in [0.5, 0.6) is 0 Å². The summed E-state index contributed by atoms with van der Waals surface area (Å²) in [5, 5.41) is 3.87. The Morgan fingerprint density at radius 3 is 2.19 bits per heavy atom. The van der Waals surface area contributed by atoms with Gasteiger partial charge in [0.05, 0.1) is 0 Å². The lowest BCUT2D eigenvalue weighted by Gasteiger charge is -2.39. The second-order valence-electron chi connectivity index (χ2n) is 7.10. The number of nitrogens with zero attached hydrogens (tertiary/aromatic N) is 2. The molecule has 1 aliphatic carbocycles. The lowest BCUT2D eigenvalue weighted by atomic mass is 9.83. The van der Waals surface area contributed by atoms with Crippen molar-refractivity contribution in [1.29, 1.82) is 0 Å². The quantitative estimate of drug-likeness (QED) is 0.743. The fourth-order valence-corrected chi connectivity index (χ4v) is 4.04. The van der Waals surface area contributed by atoms with Crippen LogP contribution >= 0.6 is 0 Å². The van der Waals surface area contributed by atoms with Crippen LogP contribution in [0.25, 0.3) is 0 Å². The first-order chi connectivity index (χ1) is 10.3. The monoisotopic (exact) mass is 295 g/mol. The molecule has 0 amide bonds. The third kappa shape index (κ3) is 5.88. The molecular formula is C18H37N3. The number of piperazine rings is 1. The Morgan fingerprint density at radius 1 is 0.905 bits per heavy atom. The summed E-state index contributed by atoms with van der Waals surface area (Å²) in [6.07, 6.45) is 9.84. The van der Waals surface area contributed by atoms with Gasteiger partial charge in [-0.1, -0.05) is 33.1 Å². The Kier molecular flexibility index (Phi) is 8.05. The molecule has 0 spiro atoms. The second-order valence-corrected chi connectivity index (χ2v) is 7.10. The molecular weight excluding hydrogens is 258 g/mol. The van der Waals surface area contributed by atoms with Crippen LogP contribution in [0, 0.1) is 5.92 Å². The summed E-state index contributed by atoms with van der Waals surface area (Å²) >= 11 is 0. The molecule has 0 aromatic rings. The van der Waals surface area contributed by atoms with Gasteiger partial charge in [0.2, 0.25) is 0 Å². The molecule has 1 unspecified atom stereocenters. The van der Waals surface area contributed by atoms with Crippen LogP contribution in [0.2, 0.25) is 0 Å². The average molecular weight is 296 g/mol. The van der Waals surface area contributed by atoms with E-state index in [1.165, 1.54) is 90.8 Å². The molecule has 2 fully saturated rings. The van der Waals surface area contributed by atoms with E-state index in [9.17, 15) is 0 Å². The molecule has 0 bridgehead atoms. The number of hydrogen-bond acceptors (Lipinski definition) is 3. The fourth-order valence-electron chi connectivity index (χ4n) is 4.04. The molecule has 2 rings (SSSR count). The SMILES string of the molecule is CCCNC(CN1CCN(CCC)CC1)C1CCCCC1. The van der Waals surface area contributed by atoms with Crippen molar-refractivity contribution in [3.63, 3.8) is 0 Å². The van der Waals surface area contributed by atoms with Gasteiger partial charge >= 0.3 is 0 Å². The smallest absolute Gasteiger partial charge is 0.0223 e. The highest BCUT2D eigenvalue weighted by molar-refractivity contribution is 4.84. The van der Waals surface area contributed by atoms with Crippen molar-refractivity contribution in [1.82, 2.24) is 15.1 Å². The first-order valence-electron chi connectivity index (χ1n) is 9.51. The Morgan fingerprint density at radius 2 is 1.57 bits per heavy atom. The van der Waals surface area contributed by atoms with Crippen LogP contribution in [-0.2, 0) is 0 Å². The van der Waals surface area contributed by atoms with Crippen LogP contribution < -0.4 is 5.32 Å². The van der Waals surface area contributed by atoms with Gasteiger partial charge in [0.1, 0.15) is 0 Å². The third-order valence-electron chi connectivity index (χ3n) is 5.34. The summed E-state index contributed by atoms with van der Waals surface area (Å²) in [6, 6.07) is 0.739. The molecule has 1 atom stereocenters. The molecule has 1 saturated carbocycles. The Hall–Kier alpha value is -0.120. The molecule has 2 aliphatic rings. The summed E-state index contributed by atoms with van der Waals surface area (Å²) in [6.45, 7) is 13.4. The van der Waals surface area contributed by atoms with Gasteiger partial charge in [-0.25, -0.2) is 0 Å². The van der Waals surface area contributed by atoms with E-state index < -0.39 is 0 Å². The first kappa shape index (κ1) is 17.2. The predicted octanol–water partition coefficient (Wildman–Crippen LogP) is 2.96. The topological polar surface area (TPSA) is 18.5 Å². The number of hydrogen-bond donors (Lipinski definition) is 1. The fraction of sp³-hybridized carbons (Fsp3) is 1.00. The summed E-state index contributed by atoms with van der Waals surface area (Å²) in [4.78, 5) is 5.35. The maximum Gasteiger partial charge on any atom is 0.0223 e. The second kappa shape index (κ2) is 9.81. The van der Waals surface area contributed by atoms with Gasteiger partial charge in [-0.2, -0.15) is 0 Å². The molecule has 21 heavy (non-hydrogen) atoms. The normalized spacial score (nSPS) is 24.3. The van der Waals surface area contributed by atoms with Crippen LogP contribution in [0.15, 0.2) is 0 Å². The molecule has 3 nitrogen and oxygen atoms in total. The Labute approximate surface area is 132 Å². The highest BCUT2D eigenvalue weighted by Gasteiger charge is 2.26. The maximum atomic E-state index is 3.87. The maximum absolute atomic E-state index is 3.87. The predicted molar refractivity (Wildman–Crippen MR) is 91.8 cm³/mol. The third-order valence-corrected chi connectivity index (χ3v) is 5.34. The van der Waals surface area contributed by atoms with Crippen molar-refractivity contribution in [2.45, 2.75) is 64.8 Å². The first-order valence-corrected chi connectivity index (χ1v) is 9.51. The zero-order valence-corrected chi connectivity index (χ0v) is 14.4.